The summed E-state index contributed by atoms with van der Waals surface area (Å²) >= 11 is 0. The van der Waals surface area contributed by atoms with Crippen LogP contribution in [0.4, 0.5) is 4.39 Å². The molecule has 126 valence electrons. The van der Waals surface area contributed by atoms with Gasteiger partial charge in [-0.2, -0.15) is 0 Å². The molecule has 2 aliphatic heterocycles. The summed E-state index contributed by atoms with van der Waals surface area (Å²) < 4.78 is 13.1. The highest BCUT2D eigenvalue weighted by molar-refractivity contribution is 5.80. The lowest BCUT2D eigenvalue weighted by molar-refractivity contribution is -0.137. The number of benzene rings is 1. The van der Waals surface area contributed by atoms with Gasteiger partial charge in [-0.05, 0) is 43.4 Å². The van der Waals surface area contributed by atoms with E-state index in [-0.39, 0.29) is 29.7 Å². The molecule has 3 unspecified atom stereocenters. The number of halogens is 1. The van der Waals surface area contributed by atoms with Crippen LogP contribution in [-0.4, -0.2) is 36.5 Å². The van der Waals surface area contributed by atoms with Crippen molar-refractivity contribution in [2.24, 2.45) is 17.6 Å². The largest absolute Gasteiger partial charge is 0.342 e. The van der Waals surface area contributed by atoms with Crippen molar-refractivity contribution in [3.63, 3.8) is 0 Å². The number of rotatable bonds is 3. The summed E-state index contributed by atoms with van der Waals surface area (Å²) in [5, 5.41) is 0. The predicted octanol–water partition coefficient (Wildman–Crippen LogP) is 1.18. The van der Waals surface area contributed by atoms with Crippen LogP contribution < -0.4 is 16.6 Å². The van der Waals surface area contributed by atoms with Gasteiger partial charge in [0.1, 0.15) is 5.82 Å². The van der Waals surface area contributed by atoms with Crippen LogP contribution >= 0.6 is 0 Å². The van der Waals surface area contributed by atoms with E-state index < -0.39 is 0 Å². The maximum atomic E-state index is 13.1. The summed E-state index contributed by atoms with van der Waals surface area (Å²) in [4.78, 5) is 14.8. The number of hydrazine groups is 1. The molecule has 0 aromatic heterocycles. The Bertz CT molecular complexity index is 540. The molecule has 6 heteroatoms. The van der Waals surface area contributed by atoms with Gasteiger partial charge in [-0.15, -0.1) is 0 Å². The molecule has 4 N–H and O–H groups in total. The summed E-state index contributed by atoms with van der Waals surface area (Å²) in [5.41, 5.74) is 13.1. The van der Waals surface area contributed by atoms with Crippen molar-refractivity contribution in [1.82, 2.24) is 15.8 Å². The van der Waals surface area contributed by atoms with Gasteiger partial charge in [-0.3, -0.25) is 10.2 Å². The van der Waals surface area contributed by atoms with Crippen molar-refractivity contribution in [2.75, 3.05) is 19.6 Å². The fourth-order valence-corrected chi connectivity index (χ4v) is 3.59. The maximum Gasteiger partial charge on any atom is 0.229 e. The van der Waals surface area contributed by atoms with E-state index in [1.54, 1.807) is 12.1 Å². The smallest absolute Gasteiger partial charge is 0.229 e. The first-order valence-electron chi connectivity index (χ1n) is 8.34. The van der Waals surface area contributed by atoms with E-state index >= 15 is 0 Å². The molecule has 1 aromatic rings. The average molecular weight is 320 g/mol. The summed E-state index contributed by atoms with van der Waals surface area (Å²) in [6.45, 7) is 4.18. The summed E-state index contributed by atoms with van der Waals surface area (Å²) in [7, 11) is 0. The van der Waals surface area contributed by atoms with Crippen LogP contribution in [0.5, 0.6) is 0 Å². The monoisotopic (exact) mass is 320 g/mol. The second-order valence-corrected chi connectivity index (χ2v) is 6.68. The van der Waals surface area contributed by atoms with Crippen molar-refractivity contribution in [2.45, 2.75) is 31.8 Å². The molecule has 2 aliphatic rings. The molecule has 3 atom stereocenters. The molecule has 2 heterocycles. The summed E-state index contributed by atoms with van der Waals surface area (Å²) in [5.74, 6) is 0.250. The van der Waals surface area contributed by atoms with Crippen molar-refractivity contribution in [1.29, 1.82) is 0 Å². The Labute approximate surface area is 136 Å². The Morgan fingerprint density at radius 3 is 2.57 bits per heavy atom. The van der Waals surface area contributed by atoms with Crippen LogP contribution in [0.2, 0.25) is 0 Å². The second kappa shape index (κ2) is 6.95. The average Bonchev–Trinajstić information content (AvgIpc) is 3.04. The molecule has 0 aliphatic carbocycles. The minimum atomic E-state index is -0.263. The zero-order valence-electron chi connectivity index (χ0n) is 13.5. The SMILES string of the molecule is CC(N)C1CCN(C(=O)C2CNNC2c2ccc(F)cc2)CC1. The Hall–Kier alpha value is -1.50. The van der Waals surface area contributed by atoms with Gasteiger partial charge in [0.2, 0.25) is 5.91 Å². The van der Waals surface area contributed by atoms with Crippen molar-refractivity contribution in [3.8, 4) is 0 Å². The van der Waals surface area contributed by atoms with Gasteiger partial charge in [0.25, 0.3) is 0 Å². The minimum Gasteiger partial charge on any atom is -0.342 e. The molecule has 1 aromatic carbocycles. The predicted molar refractivity (Wildman–Crippen MR) is 86.7 cm³/mol. The van der Waals surface area contributed by atoms with Gasteiger partial charge in [-0.25, -0.2) is 9.82 Å². The number of likely N-dealkylation sites (tertiary alicyclic amines) is 1. The van der Waals surface area contributed by atoms with Gasteiger partial charge in [-0.1, -0.05) is 12.1 Å². The van der Waals surface area contributed by atoms with Crippen LogP contribution in [0.15, 0.2) is 24.3 Å². The van der Waals surface area contributed by atoms with E-state index in [4.69, 9.17) is 5.73 Å². The number of amides is 1. The molecule has 2 fully saturated rings. The molecular weight excluding hydrogens is 295 g/mol. The van der Waals surface area contributed by atoms with Gasteiger partial charge in [0.15, 0.2) is 0 Å². The lowest BCUT2D eigenvalue weighted by Crippen LogP contribution is -2.46. The number of piperidine rings is 1. The fourth-order valence-electron chi connectivity index (χ4n) is 3.59. The van der Waals surface area contributed by atoms with E-state index in [9.17, 15) is 9.18 Å². The fraction of sp³-hybridized carbons (Fsp3) is 0.588. The Morgan fingerprint density at radius 1 is 1.30 bits per heavy atom. The quantitative estimate of drug-likeness (QED) is 0.782. The molecule has 3 rings (SSSR count). The third-order valence-corrected chi connectivity index (χ3v) is 5.12. The second-order valence-electron chi connectivity index (χ2n) is 6.68. The molecule has 5 nitrogen and oxygen atoms in total. The topological polar surface area (TPSA) is 70.4 Å². The zero-order valence-corrected chi connectivity index (χ0v) is 13.5. The number of nitrogens with zero attached hydrogens (tertiary/aromatic N) is 1. The summed E-state index contributed by atoms with van der Waals surface area (Å²) in [6.07, 6.45) is 1.94. The van der Waals surface area contributed by atoms with Gasteiger partial charge >= 0.3 is 0 Å². The molecule has 2 saturated heterocycles. The number of carbonyl (C=O) groups is 1. The lowest BCUT2D eigenvalue weighted by atomic mass is 9.89. The van der Waals surface area contributed by atoms with Crippen molar-refractivity contribution < 1.29 is 9.18 Å². The molecular formula is C17H25FN4O. The molecule has 23 heavy (non-hydrogen) atoms. The van der Waals surface area contributed by atoms with Crippen LogP contribution in [0.3, 0.4) is 0 Å². The number of hydrogen-bond acceptors (Lipinski definition) is 4. The third kappa shape index (κ3) is 3.54. The highest BCUT2D eigenvalue weighted by atomic mass is 19.1. The third-order valence-electron chi connectivity index (χ3n) is 5.12. The Kier molecular flexibility index (Phi) is 4.94. The van der Waals surface area contributed by atoms with Gasteiger partial charge in [0, 0.05) is 25.7 Å². The van der Waals surface area contributed by atoms with E-state index in [0.29, 0.717) is 12.5 Å². The summed E-state index contributed by atoms with van der Waals surface area (Å²) in [6, 6.07) is 6.42. The number of hydrogen-bond donors (Lipinski definition) is 3. The van der Waals surface area contributed by atoms with Gasteiger partial charge < -0.3 is 10.6 Å². The standard InChI is InChI=1S/C17H25FN4O/c1-11(19)12-6-8-22(9-7-12)17(23)15-10-20-21-16(15)13-2-4-14(18)5-3-13/h2-5,11-12,15-16,20-21H,6-10,19H2,1H3. The zero-order chi connectivity index (χ0) is 16.4. The van der Waals surface area contributed by atoms with Crippen molar-refractivity contribution >= 4 is 5.91 Å². The molecule has 0 spiro atoms. The number of nitrogens with two attached hydrogens (primary N) is 1. The Balaban J connectivity index is 1.66. The number of nitrogens with one attached hydrogen (secondary N) is 2. The maximum absolute atomic E-state index is 13.1. The normalized spacial score (nSPS) is 27.2. The molecule has 1 amide bonds. The molecule has 0 bridgehead atoms. The van der Waals surface area contributed by atoms with Crippen LogP contribution in [0.1, 0.15) is 31.4 Å². The first-order chi connectivity index (χ1) is 11.1. The van der Waals surface area contributed by atoms with Crippen LogP contribution in [0.25, 0.3) is 0 Å². The van der Waals surface area contributed by atoms with Gasteiger partial charge in [0.05, 0.1) is 12.0 Å². The van der Waals surface area contributed by atoms with Crippen LogP contribution in [0, 0.1) is 17.7 Å². The highest BCUT2D eigenvalue weighted by Gasteiger charge is 2.37. The van der Waals surface area contributed by atoms with E-state index in [0.717, 1.165) is 31.5 Å². The number of carbonyl (C=O) groups excluding carboxylic acids is 1. The van der Waals surface area contributed by atoms with Crippen molar-refractivity contribution in [3.05, 3.63) is 35.6 Å². The molecule has 0 saturated carbocycles. The van der Waals surface area contributed by atoms with E-state index in [2.05, 4.69) is 10.9 Å². The van der Waals surface area contributed by atoms with E-state index in [1.165, 1.54) is 12.1 Å². The minimum absolute atomic E-state index is 0.116. The highest BCUT2D eigenvalue weighted by Crippen LogP contribution is 2.29. The Morgan fingerprint density at radius 2 is 1.96 bits per heavy atom. The van der Waals surface area contributed by atoms with E-state index in [1.807, 2.05) is 11.8 Å². The first kappa shape index (κ1) is 16.4. The van der Waals surface area contributed by atoms with Crippen LogP contribution in [-0.2, 0) is 4.79 Å². The first-order valence-corrected chi connectivity index (χ1v) is 8.34. The lowest BCUT2D eigenvalue weighted by Gasteiger charge is -2.35. The molecule has 0 radical (unpaired) electrons.